The maximum Gasteiger partial charge on any atom is 0.0161 e. The minimum atomic E-state index is 0.163. The quantitative estimate of drug-likeness (QED) is 0.639. The standard InChI is InChI=1S/C22H22/c1-15-9-8-14-20(15)22(2,3)21-18-12-6-4-10-16(18)17-11-5-7-13-19(17)21/h4-14,20-21H,1-3H3. The average molecular weight is 286 g/mol. The Balaban J connectivity index is 1.92. The van der Waals surface area contributed by atoms with Crippen LogP contribution in [0.2, 0.25) is 0 Å². The Morgan fingerprint density at radius 3 is 1.86 bits per heavy atom. The molecule has 0 spiro atoms. The lowest BCUT2D eigenvalue weighted by atomic mass is 9.64. The van der Waals surface area contributed by atoms with Crippen LogP contribution in [0.4, 0.5) is 0 Å². The Hall–Kier alpha value is -2.08. The van der Waals surface area contributed by atoms with Gasteiger partial charge in [-0.2, -0.15) is 0 Å². The van der Waals surface area contributed by atoms with Crippen LogP contribution in [0.15, 0.2) is 72.3 Å². The molecule has 0 saturated carbocycles. The van der Waals surface area contributed by atoms with Gasteiger partial charge in [0.15, 0.2) is 0 Å². The highest BCUT2D eigenvalue weighted by Gasteiger charge is 2.43. The maximum atomic E-state index is 2.42. The number of benzene rings is 2. The van der Waals surface area contributed by atoms with E-state index in [0.717, 1.165) is 0 Å². The summed E-state index contributed by atoms with van der Waals surface area (Å²) in [6.45, 7) is 7.11. The molecule has 0 bridgehead atoms. The third-order valence-corrected chi connectivity index (χ3v) is 5.53. The summed E-state index contributed by atoms with van der Waals surface area (Å²) in [4.78, 5) is 0. The minimum absolute atomic E-state index is 0.163. The van der Waals surface area contributed by atoms with Crippen molar-refractivity contribution in [1.29, 1.82) is 0 Å². The molecule has 0 nitrogen and oxygen atoms in total. The van der Waals surface area contributed by atoms with E-state index in [9.17, 15) is 0 Å². The molecule has 110 valence electrons. The molecule has 0 N–H and O–H groups in total. The Bertz CT molecular complexity index is 744. The van der Waals surface area contributed by atoms with E-state index in [1.807, 2.05) is 0 Å². The largest absolute Gasteiger partial charge is 0.0768 e. The average Bonchev–Trinajstić information content (AvgIpc) is 3.09. The van der Waals surface area contributed by atoms with Gasteiger partial charge in [0.25, 0.3) is 0 Å². The van der Waals surface area contributed by atoms with Gasteiger partial charge in [0, 0.05) is 11.8 Å². The van der Waals surface area contributed by atoms with Crippen molar-refractivity contribution >= 4 is 0 Å². The summed E-state index contributed by atoms with van der Waals surface area (Å²) < 4.78 is 0. The summed E-state index contributed by atoms with van der Waals surface area (Å²) in [5.41, 5.74) is 7.45. The van der Waals surface area contributed by atoms with Crippen LogP contribution in [0.25, 0.3) is 11.1 Å². The van der Waals surface area contributed by atoms with Gasteiger partial charge in [-0.25, -0.2) is 0 Å². The summed E-state index contributed by atoms with van der Waals surface area (Å²) in [6.07, 6.45) is 6.85. The fourth-order valence-corrected chi connectivity index (χ4v) is 4.55. The molecule has 0 fully saturated rings. The molecule has 1 unspecified atom stereocenters. The second kappa shape index (κ2) is 4.71. The van der Waals surface area contributed by atoms with E-state index < -0.39 is 0 Å². The van der Waals surface area contributed by atoms with Crippen LogP contribution in [0.5, 0.6) is 0 Å². The zero-order valence-corrected chi connectivity index (χ0v) is 13.5. The van der Waals surface area contributed by atoms with Gasteiger partial charge in [-0.05, 0) is 34.6 Å². The highest BCUT2D eigenvalue weighted by molar-refractivity contribution is 5.79. The highest BCUT2D eigenvalue weighted by atomic mass is 14.5. The molecule has 2 aliphatic carbocycles. The van der Waals surface area contributed by atoms with E-state index in [0.29, 0.717) is 11.8 Å². The monoisotopic (exact) mass is 286 g/mol. The first-order chi connectivity index (χ1) is 10.6. The molecular weight excluding hydrogens is 264 g/mol. The van der Waals surface area contributed by atoms with Crippen LogP contribution >= 0.6 is 0 Å². The van der Waals surface area contributed by atoms with E-state index >= 15 is 0 Å². The van der Waals surface area contributed by atoms with Crippen molar-refractivity contribution in [3.05, 3.63) is 83.5 Å². The smallest absolute Gasteiger partial charge is 0.0161 e. The van der Waals surface area contributed by atoms with Crippen molar-refractivity contribution in [1.82, 2.24) is 0 Å². The number of allylic oxidation sites excluding steroid dienone is 4. The fourth-order valence-electron chi connectivity index (χ4n) is 4.55. The SMILES string of the molecule is CC1=CC=CC1C(C)(C)C1c2ccccc2-c2ccccc21. The molecule has 1 atom stereocenters. The van der Waals surface area contributed by atoms with Crippen LogP contribution in [-0.2, 0) is 0 Å². The summed E-state index contributed by atoms with van der Waals surface area (Å²) in [5.74, 6) is 0.965. The Morgan fingerprint density at radius 2 is 1.36 bits per heavy atom. The van der Waals surface area contributed by atoms with E-state index in [1.54, 1.807) is 0 Å². The molecule has 0 radical (unpaired) electrons. The Kier molecular flexibility index (Phi) is 2.91. The van der Waals surface area contributed by atoms with Crippen molar-refractivity contribution in [2.45, 2.75) is 26.7 Å². The summed E-state index contributed by atoms with van der Waals surface area (Å²) >= 11 is 0. The first-order valence-corrected chi connectivity index (χ1v) is 8.14. The molecule has 2 aliphatic rings. The second-order valence-electron chi connectivity index (χ2n) is 7.20. The van der Waals surface area contributed by atoms with Crippen LogP contribution in [0.1, 0.15) is 37.8 Å². The molecule has 0 aliphatic heterocycles. The van der Waals surface area contributed by atoms with E-state index in [-0.39, 0.29) is 5.41 Å². The zero-order valence-electron chi connectivity index (χ0n) is 13.5. The van der Waals surface area contributed by atoms with E-state index in [4.69, 9.17) is 0 Å². The molecule has 0 aromatic heterocycles. The van der Waals surface area contributed by atoms with Gasteiger partial charge in [-0.15, -0.1) is 0 Å². The first kappa shape index (κ1) is 13.6. The topological polar surface area (TPSA) is 0 Å². The normalized spacial score (nSPS) is 20.0. The molecule has 2 aromatic rings. The van der Waals surface area contributed by atoms with Crippen molar-refractivity contribution in [2.24, 2.45) is 11.3 Å². The predicted molar refractivity (Wildman–Crippen MR) is 93.9 cm³/mol. The Labute approximate surface area is 133 Å². The predicted octanol–water partition coefficient (Wildman–Crippen LogP) is 5.96. The summed E-state index contributed by atoms with van der Waals surface area (Å²) in [5, 5.41) is 0. The van der Waals surface area contributed by atoms with Crippen molar-refractivity contribution in [3.63, 3.8) is 0 Å². The molecule has 0 heterocycles. The van der Waals surface area contributed by atoms with Gasteiger partial charge in [-0.3, -0.25) is 0 Å². The number of fused-ring (bicyclic) bond motifs is 3. The van der Waals surface area contributed by atoms with Crippen LogP contribution < -0.4 is 0 Å². The second-order valence-corrected chi connectivity index (χ2v) is 7.20. The van der Waals surface area contributed by atoms with E-state index in [2.05, 4.69) is 87.5 Å². The van der Waals surface area contributed by atoms with Crippen LogP contribution in [0, 0.1) is 11.3 Å². The molecule has 0 heteroatoms. The zero-order chi connectivity index (χ0) is 15.3. The maximum absolute atomic E-state index is 2.42. The molecule has 0 saturated heterocycles. The minimum Gasteiger partial charge on any atom is -0.0768 e. The van der Waals surface area contributed by atoms with E-state index in [1.165, 1.54) is 27.8 Å². The lowest BCUT2D eigenvalue weighted by Gasteiger charge is -2.39. The van der Waals surface area contributed by atoms with Gasteiger partial charge in [-0.1, -0.05) is 86.2 Å². The van der Waals surface area contributed by atoms with Gasteiger partial charge >= 0.3 is 0 Å². The van der Waals surface area contributed by atoms with Gasteiger partial charge in [0.1, 0.15) is 0 Å². The van der Waals surface area contributed by atoms with Crippen molar-refractivity contribution in [2.75, 3.05) is 0 Å². The molecule has 22 heavy (non-hydrogen) atoms. The van der Waals surface area contributed by atoms with Crippen LogP contribution in [-0.4, -0.2) is 0 Å². The lowest BCUT2D eigenvalue weighted by Crippen LogP contribution is -2.30. The summed E-state index contributed by atoms with van der Waals surface area (Å²) in [7, 11) is 0. The van der Waals surface area contributed by atoms with Crippen molar-refractivity contribution < 1.29 is 0 Å². The fraction of sp³-hybridized carbons (Fsp3) is 0.273. The summed E-state index contributed by atoms with van der Waals surface area (Å²) in [6, 6.07) is 17.9. The number of hydrogen-bond acceptors (Lipinski definition) is 0. The van der Waals surface area contributed by atoms with Gasteiger partial charge in [0.05, 0.1) is 0 Å². The van der Waals surface area contributed by atoms with Gasteiger partial charge < -0.3 is 0 Å². The molecular formula is C22H22. The molecule has 0 amide bonds. The Morgan fingerprint density at radius 1 is 0.818 bits per heavy atom. The molecule has 2 aromatic carbocycles. The van der Waals surface area contributed by atoms with Crippen LogP contribution in [0.3, 0.4) is 0 Å². The third-order valence-electron chi connectivity index (χ3n) is 5.53. The van der Waals surface area contributed by atoms with Gasteiger partial charge in [0.2, 0.25) is 0 Å². The van der Waals surface area contributed by atoms with Crippen molar-refractivity contribution in [3.8, 4) is 11.1 Å². The third kappa shape index (κ3) is 1.76. The molecule has 4 rings (SSSR count). The first-order valence-electron chi connectivity index (χ1n) is 8.14. The lowest BCUT2D eigenvalue weighted by molar-refractivity contribution is 0.258. The highest BCUT2D eigenvalue weighted by Crippen LogP contribution is 2.56. The number of rotatable bonds is 2. The number of hydrogen-bond donors (Lipinski definition) is 0.